The Bertz CT molecular complexity index is 463. The summed E-state index contributed by atoms with van der Waals surface area (Å²) < 4.78 is 0. The van der Waals surface area contributed by atoms with E-state index in [1.54, 1.807) is 0 Å². The summed E-state index contributed by atoms with van der Waals surface area (Å²) in [6.07, 6.45) is 0. The van der Waals surface area contributed by atoms with Crippen LogP contribution in [0.25, 0.3) is 0 Å². The van der Waals surface area contributed by atoms with Crippen LogP contribution in [-0.2, 0) is 9.59 Å². The first-order valence-corrected chi connectivity index (χ1v) is 6.97. The molecule has 104 valence electrons. The fourth-order valence-electron chi connectivity index (χ4n) is 1.38. The van der Waals surface area contributed by atoms with Crippen molar-refractivity contribution in [2.45, 2.75) is 18.7 Å². The molecule has 0 radical (unpaired) electrons. The molecule has 5 nitrogen and oxygen atoms in total. The third-order valence-electron chi connectivity index (χ3n) is 2.43. The third kappa shape index (κ3) is 6.15. The van der Waals surface area contributed by atoms with Crippen LogP contribution in [0.2, 0.25) is 0 Å². The van der Waals surface area contributed by atoms with Gasteiger partial charge in [-0.05, 0) is 30.7 Å². The molecule has 0 saturated carbocycles. The molecule has 0 atom stereocenters. The van der Waals surface area contributed by atoms with Gasteiger partial charge in [0.1, 0.15) is 0 Å². The van der Waals surface area contributed by atoms with Gasteiger partial charge in [-0.15, -0.1) is 11.8 Å². The fourth-order valence-corrected chi connectivity index (χ4v) is 2.20. The van der Waals surface area contributed by atoms with E-state index in [2.05, 4.69) is 10.6 Å². The minimum Gasteiger partial charge on any atom is -0.399 e. The van der Waals surface area contributed by atoms with Crippen LogP contribution >= 0.6 is 11.8 Å². The van der Waals surface area contributed by atoms with E-state index in [0.29, 0.717) is 18.8 Å². The van der Waals surface area contributed by atoms with Crippen LogP contribution in [0.4, 0.5) is 5.69 Å². The predicted octanol–water partition coefficient (Wildman–Crippen LogP) is 0.922. The number of amides is 2. The Balaban J connectivity index is 2.26. The number of hydrogen-bond acceptors (Lipinski definition) is 4. The summed E-state index contributed by atoms with van der Waals surface area (Å²) in [6, 6.07) is 5.70. The number of carbonyl (C=O) groups excluding carboxylic acids is 2. The fraction of sp³-hybridized carbons (Fsp3) is 0.385. The van der Waals surface area contributed by atoms with E-state index in [-0.39, 0.29) is 11.8 Å². The van der Waals surface area contributed by atoms with Crippen LogP contribution in [-0.4, -0.2) is 30.7 Å². The first-order chi connectivity index (χ1) is 8.99. The highest BCUT2D eigenvalue weighted by atomic mass is 32.2. The molecular formula is C13H19N3O2S. The molecular weight excluding hydrogens is 262 g/mol. The van der Waals surface area contributed by atoms with Gasteiger partial charge in [-0.25, -0.2) is 0 Å². The van der Waals surface area contributed by atoms with Crippen LogP contribution in [0.5, 0.6) is 0 Å². The Hall–Kier alpha value is -1.69. The average molecular weight is 281 g/mol. The van der Waals surface area contributed by atoms with E-state index in [0.717, 1.165) is 16.1 Å². The number of nitrogens with two attached hydrogens (primary N) is 1. The molecule has 1 aromatic rings. The Morgan fingerprint density at radius 2 is 1.95 bits per heavy atom. The van der Waals surface area contributed by atoms with Crippen molar-refractivity contribution in [2.75, 3.05) is 24.6 Å². The largest absolute Gasteiger partial charge is 0.399 e. The number of anilines is 1. The quantitative estimate of drug-likeness (QED) is 0.411. The Morgan fingerprint density at radius 1 is 1.26 bits per heavy atom. The number of hydrogen-bond donors (Lipinski definition) is 3. The van der Waals surface area contributed by atoms with E-state index >= 15 is 0 Å². The highest BCUT2D eigenvalue weighted by molar-refractivity contribution is 8.00. The predicted molar refractivity (Wildman–Crippen MR) is 78.0 cm³/mol. The molecule has 0 spiro atoms. The summed E-state index contributed by atoms with van der Waals surface area (Å²) >= 11 is 1.46. The molecule has 0 fully saturated rings. The van der Waals surface area contributed by atoms with Gasteiger partial charge < -0.3 is 16.4 Å². The number of nitrogens with one attached hydrogen (secondary N) is 2. The molecule has 0 aliphatic rings. The molecule has 0 bridgehead atoms. The van der Waals surface area contributed by atoms with Gasteiger partial charge in [-0.3, -0.25) is 9.59 Å². The van der Waals surface area contributed by atoms with E-state index in [4.69, 9.17) is 5.73 Å². The Labute approximate surface area is 117 Å². The molecule has 0 aliphatic heterocycles. The molecule has 2 amide bonds. The molecule has 0 unspecified atom stereocenters. The van der Waals surface area contributed by atoms with E-state index in [9.17, 15) is 9.59 Å². The summed E-state index contributed by atoms with van der Waals surface area (Å²) in [5.41, 5.74) is 7.49. The topological polar surface area (TPSA) is 84.2 Å². The Morgan fingerprint density at radius 3 is 2.58 bits per heavy atom. The molecule has 0 aliphatic carbocycles. The minimum atomic E-state index is -0.0963. The van der Waals surface area contributed by atoms with Crippen molar-refractivity contribution in [3.8, 4) is 0 Å². The van der Waals surface area contributed by atoms with Gasteiger partial charge in [-0.2, -0.15) is 0 Å². The van der Waals surface area contributed by atoms with Gasteiger partial charge in [0.25, 0.3) is 0 Å². The van der Waals surface area contributed by atoms with Crippen LogP contribution in [0.3, 0.4) is 0 Å². The van der Waals surface area contributed by atoms with Crippen molar-refractivity contribution < 1.29 is 9.59 Å². The summed E-state index contributed by atoms with van der Waals surface area (Å²) in [6.45, 7) is 4.28. The highest BCUT2D eigenvalue weighted by Gasteiger charge is 2.03. The summed E-state index contributed by atoms with van der Waals surface area (Å²) in [4.78, 5) is 23.2. The lowest BCUT2D eigenvalue weighted by Gasteiger charge is -2.07. The lowest BCUT2D eigenvalue weighted by atomic mass is 10.2. The van der Waals surface area contributed by atoms with Crippen molar-refractivity contribution in [1.82, 2.24) is 10.6 Å². The second-order valence-electron chi connectivity index (χ2n) is 4.14. The summed E-state index contributed by atoms with van der Waals surface area (Å²) in [5, 5.41) is 5.35. The third-order valence-corrected chi connectivity index (χ3v) is 3.43. The smallest absolute Gasteiger partial charge is 0.230 e. The monoisotopic (exact) mass is 281 g/mol. The standard InChI is InChI=1S/C13H19N3O2S/c1-9-7-11(3-4-12(9)14)19-8-13(18)16-6-5-15-10(2)17/h3-4,7H,5-6,8,14H2,1-2H3,(H,15,17)(H,16,18). The lowest BCUT2D eigenvalue weighted by molar-refractivity contribution is -0.120. The number of benzene rings is 1. The maximum atomic E-state index is 11.5. The zero-order chi connectivity index (χ0) is 14.3. The van der Waals surface area contributed by atoms with Crippen molar-refractivity contribution in [1.29, 1.82) is 0 Å². The average Bonchev–Trinajstić information content (AvgIpc) is 2.36. The number of aryl methyl sites for hydroxylation is 1. The van der Waals surface area contributed by atoms with Crippen molar-refractivity contribution >= 4 is 29.3 Å². The van der Waals surface area contributed by atoms with Crippen molar-refractivity contribution in [3.63, 3.8) is 0 Å². The normalized spacial score (nSPS) is 10.0. The zero-order valence-corrected chi connectivity index (χ0v) is 12.0. The van der Waals surface area contributed by atoms with Crippen LogP contribution in [0.15, 0.2) is 23.1 Å². The molecule has 6 heteroatoms. The number of rotatable bonds is 6. The maximum Gasteiger partial charge on any atom is 0.230 e. The molecule has 4 N–H and O–H groups in total. The molecule has 19 heavy (non-hydrogen) atoms. The van der Waals surface area contributed by atoms with E-state index in [1.165, 1.54) is 18.7 Å². The summed E-state index contributed by atoms with van der Waals surface area (Å²) in [5.74, 6) is 0.203. The molecule has 0 aromatic heterocycles. The van der Waals surface area contributed by atoms with Gasteiger partial charge in [-0.1, -0.05) is 0 Å². The van der Waals surface area contributed by atoms with E-state index < -0.39 is 0 Å². The summed E-state index contributed by atoms with van der Waals surface area (Å²) in [7, 11) is 0. The van der Waals surface area contributed by atoms with Gasteiger partial charge in [0, 0.05) is 30.6 Å². The van der Waals surface area contributed by atoms with Gasteiger partial charge in [0.15, 0.2) is 0 Å². The minimum absolute atomic E-state index is 0.0511. The van der Waals surface area contributed by atoms with E-state index in [1.807, 2.05) is 25.1 Å². The van der Waals surface area contributed by atoms with Crippen LogP contribution in [0, 0.1) is 6.92 Å². The second-order valence-corrected chi connectivity index (χ2v) is 5.19. The van der Waals surface area contributed by atoms with Gasteiger partial charge in [0.2, 0.25) is 11.8 Å². The highest BCUT2D eigenvalue weighted by Crippen LogP contribution is 2.21. The number of thioether (sulfide) groups is 1. The number of nitrogen functional groups attached to an aromatic ring is 1. The molecule has 0 heterocycles. The Kier molecular flexibility index (Phi) is 6.21. The van der Waals surface area contributed by atoms with Gasteiger partial charge >= 0.3 is 0 Å². The van der Waals surface area contributed by atoms with Crippen LogP contribution < -0.4 is 16.4 Å². The second kappa shape index (κ2) is 7.68. The van der Waals surface area contributed by atoms with Crippen molar-refractivity contribution in [3.05, 3.63) is 23.8 Å². The first-order valence-electron chi connectivity index (χ1n) is 5.99. The maximum absolute atomic E-state index is 11.5. The first kappa shape index (κ1) is 15.4. The van der Waals surface area contributed by atoms with Gasteiger partial charge in [0.05, 0.1) is 5.75 Å². The molecule has 1 aromatic carbocycles. The molecule has 0 saturated heterocycles. The zero-order valence-electron chi connectivity index (χ0n) is 11.2. The lowest BCUT2D eigenvalue weighted by Crippen LogP contribution is -2.34. The number of carbonyl (C=O) groups is 2. The van der Waals surface area contributed by atoms with Crippen molar-refractivity contribution in [2.24, 2.45) is 0 Å². The molecule has 1 rings (SSSR count). The SMILES string of the molecule is CC(=O)NCCNC(=O)CSc1ccc(N)c(C)c1. The van der Waals surface area contributed by atoms with Crippen LogP contribution in [0.1, 0.15) is 12.5 Å².